The van der Waals surface area contributed by atoms with Crippen LogP contribution in [0, 0.1) is 0 Å². The van der Waals surface area contributed by atoms with Crippen LogP contribution in [-0.4, -0.2) is 37.2 Å². The van der Waals surface area contributed by atoms with Gasteiger partial charge in [0.2, 0.25) is 0 Å². The Morgan fingerprint density at radius 2 is 2.40 bits per heavy atom. The molecule has 0 bridgehead atoms. The van der Waals surface area contributed by atoms with Gasteiger partial charge in [-0.3, -0.25) is 0 Å². The van der Waals surface area contributed by atoms with Gasteiger partial charge in [0.15, 0.2) is 0 Å². The van der Waals surface area contributed by atoms with E-state index in [1.807, 2.05) is 4.90 Å². The Kier molecular flexibility index (Phi) is 2.55. The van der Waals surface area contributed by atoms with Crippen molar-refractivity contribution in [3.8, 4) is 0 Å². The van der Waals surface area contributed by atoms with Crippen LogP contribution in [0.4, 0.5) is 5.82 Å². The lowest BCUT2D eigenvalue weighted by atomic mass is 10.1. The highest BCUT2D eigenvalue weighted by atomic mass is 16.5. The highest BCUT2D eigenvalue weighted by molar-refractivity contribution is 5.94. The fraction of sp³-hybridized carbons (Fsp3) is 0.400. The molecular weight excluding hydrogens is 194 g/mol. The van der Waals surface area contributed by atoms with Crippen molar-refractivity contribution in [2.75, 3.05) is 25.1 Å². The average Bonchev–Trinajstić information content (AvgIpc) is 2.24. The minimum Gasteiger partial charge on any atom is -0.465 e. The molecule has 0 saturated carbocycles. The summed E-state index contributed by atoms with van der Waals surface area (Å²) in [7, 11) is 1.36. The Bertz CT molecular complexity index is 375. The van der Waals surface area contributed by atoms with Gasteiger partial charge < -0.3 is 15.4 Å². The molecule has 5 heteroatoms. The molecule has 0 aliphatic carbocycles. The molecule has 0 unspecified atom stereocenters. The Balaban J connectivity index is 2.26. The van der Waals surface area contributed by atoms with E-state index < -0.39 is 0 Å². The maximum Gasteiger partial charge on any atom is 0.341 e. The predicted molar refractivity (Wildman–Crippen MR) is 55.8 cm³/mol. The summed E-state index contributed by atoms with van der Waals surface area (Å²) < 4.78 is 4.69. The molecule has 2 heterocycles. The highest BCUT2D eigenvalue weighted by Gasteiger charge is 2.27. The first-order valence-corrected chi connectivity index (χ1v) is 4.76. The van der Waals surface area contributed by atoms with E-state index in [2.05, 4.69) is 9.72 Å². The molecule has 0 spiro atoms. The summed E-state index contributed by atoms with van der Waals surface area (Å²) in [6.45, 7) is 1.47. The summed E-state index contributed by atoms with van der Waals surface area (Å²) >= 11 is 0. The van der Waals surface area contributed by atoms with Gasteiger partial charge in [0, 0.05) is 25.3 Å². The van der Waals surface area contributed by atoms with Crippen molar-refractivity contribution in [1.29, 1.82) is 0 Å². The monoisotopic (exact) mass is 207 g/mol. The van der Waals surface area contributed by atoms with Crippen LogP contribution in [0.3, 0.4) is 0 Å². The van der Waals surface area contributed by atoms with Gasteiger partial charge in [-0.1, -0.05) is 0 Å². The van der Waals surface area contributed by atoms with Crippen LogP contribution in [0.1, 0.15) is 10.4 Å². The van der Waals surface area contributed by atoms with Crippen LogP contribution >= 0.6 is 0 Å². The molecule has 0 aromatic carbocycles. The second-order valence-electron chi connectivity index (χ2n) is 3.53. The SMILES string of the molecule is COC(=O)c1cccnc1N1CC(N)C1. The summed E-state index contributed by atoms with van der Waals surface area (Å²) in [5, 5.41) is 0. The summed E-state index contributed by atoms with van der Waals surface area (Å²) in [5.74, 6) is 0.296. The lowest BCUT2D eigenvalue weighted by Crippen LogP contribution is -2.56. The first-order chi connectivity index (χ1) is 7.22. The van der Waals surface area contributed by atoms with Gasteiger partial charge in [0.1, 0.15) is 11.4 Å². The van der Waals surface area contributed by atoms with Gasteiger partial charge in [-0.15, -0.1) is 0 Å². The third-order valence-corrected chi connectivity index (χ3v) is 2.40. The average molecular weight is 207 g/mol. The fourth-order valence-electron chi connectivity index (χ4n) is 1.60. The summed E-state index contributed by atoms with van der Waals surface area (Å²) in [5.41, 5.74) is 6.17. The van der Waals surface area contributed by atoms with Crippen molar-refractivity contribution in [2.45, 2.75) is 6.04 Å². The summed E-state index contributed by atoms with van der Waals surface area (Å²) in [4.78, 5) is 17.6. The number of carbonyl (C=O) groups excluding carboxylic acids is 1. The number of nitrogens with two attached hydrogens (primary N) is 1. The molecule has 5 nitrogen and oxygen atoms in total. The van der Waals surface area contributed by atoms with Gasteiger partial charge >= 0.3 is 5.97 Å². The molecule has 0 radical (unpaired) electrons. The molecule has 0 amide bonds. The van der Waals surface area contributed by atoms with Crippen LogP contribution in [0.25, 0.3) is 0 Å². The number of methoxy groups -OCH3 is 1. The molecule has 0 atom stereocenters. The molecule has 1 aromatic heterocycles. The van der Waals surface area contributed by atoms with Crippen LogP contribution in [0.5, 0.6) is 0 Å². The zero-order chi connectivity index (χ0) is 10.8. The van der Waals surface area contributed by atoms with Gasteiger partial charge in [0.25, 0.3) is 0 Å². The van der Waals surface area contributed by atoms with Crippen molar-refractivity contribution >= 4 is 11.8 Å². The quantitative estimate of drug-likeness (QED) is 0.692. The number of rotatable bonds is 2. The smallest absolute Gasteiger partial charge is 0.341 e. The van der Waals surface area contributed by atoms with Crippen LogP contribution in [0.2, 0.25) is 0 Å². The highest BCUT2D eigenvalue weighted by Crippen LogP contribution is 2.22. The second-order valence-corrected chi connectivity index (χ2v) is 3.53. The van der Waals surface area contributed by atoms with Crippen molar-refractivity contribution in [3.05, 3.63) is 23.9 Å². The number of pyridine rings is 1. The van der Waals surface area contributed by atoms with E-state index in [0.717, 1.165) is 13.1 Å². The van der Waals surface area contributed by atoms with Gasteiger partial charge in [-0.05, 0) is 12.1 Å². The molecule has 1 aromatic rings. The number of nitrogens with zero attached hydrogens (tertiary/aromatic N) is 2. The number of ether oxygens (including phenoxy) is 1. The second kappa shape index (κ2) is 3.86. The van der Waals surface area contributed by atoms with Crippen molar-refractivity contribution in [1.82, 2.24) is 4.98 Å². The van der Waals surface area contributed by atoms with E-state index in [9.17, 15) is 4.79 Å². The van der Waals surface area contributed by atoms with Gasteiger partial charge in [0.05, 0.1) is 7.11 Å². The van der Waals surface area contributed by atoms with Gasteiger partial charge in [-0.25, -0.2) is 9.78 Å². The van der Waals surface area contributed by atoms with Crippen LogP contribution in [-0.2, 0) is 4.74 Å². The maximum atomic E-state index is 11.4. The largest absolute Gasteiger partial charge is 0.465 e. The lowest BCUT2D eigenvalue weighted by Gasteiger charge is -2.38. The van der Waals surface area contributed by atoms with Crippen LogP contribution in [0.15, 0.2) is 18.3 Å². The molecule has 15 heavy (non-hydrogen) atoms. The zero-order valence-corrected chi connectivity index (χ0v) is 8.51. The van der Waals surface area contributed by atoms with E-state index in [1.165, 1.54) is 7.11 Å². The topological polar surface area (TPSA) is 68.5 Å². The Labute approximate surface area is 87.8 Å². The third kappa shape index (κ3) is 1.78. The molecule has 1 saturated heterocycles. The minimum absolute atomic E-state index is 0.178. The predicted octanol–water partition coefficient (Wildman–Crippen LogP) is 0.0155. The first-order valence-electron chi connectivity index (χ1n) is 4.76. The maximum absolute atomic E-state index is 11.4. The summed E-state index contributed by atoms with van der Waals surface area (Å²) in [6, 6.07) is 3.60. The standard InChI is InChI=1S/C10H13N3O2/c1-15-10(14)8-3-2-4-12-9(8)13-5-7(11)6-13/h2-4,7H,5-6,11H2,1H3. The molecular formula is C10H13N3O2. The number of hydrogen-bond donors (Lipinski definition) is 1. The number of aromatic nitrogens is 1. The van der Waals surface area contributed by atoms with E-state index >= 15 is 0 Å². The lowest BCUT2D eigenvalue weighted by molar-refractivity contribution is 0.0600. The zero-order valence-electron chi connectivity index (χ0n) is 8.51. The first kappa shape index (κ1) is 9.92. The molecule has 1 aliphatic rings. The van der Waals surface area contributed by atoms with Crippen molar-refractivity contribution in [3.63, 3.8) is 0 Å². The van der Waals surface area contributed by atoms with E-state index in [-0.39, 0.29) is 12.0 Å². The van der Waals surface area contributed by atoms with E-state index in [4.69, 9.17) is 5.73 Å². The number of hydrogen-bond acceptors (Lipinski definition) is 5. The number of esters is 1. The number of carbonyl (C=O) groups is 1. The molecule has 2 N–H and O–H groups in total. The van der Waals surface area contributed by atoms with Crippen molar-refractivity contribution < 1.29 is 9.53 Å². The van der Waals surface area contributed by atoms with Crippen molar-refractivity contribution in [2.24, 2.45) is 5.73 Å². The summed E-state index contributed by atoms with van der Waals surface area (Å²) in [6.07, 6.45) is 1.66. The van der Waals surface area contributed by atoms with Crippen LogP contribution < -0.4 is 10.6 Å². The molecule has 1 aliphatic heterocycles. The third-order valence-electron chi connectivity index (χ3n) is 2.40. The Morgan fingerprint density at radius 1 is 1.67 bits per heavy atom. The Hall–Kier alpha value is -1.62. The van der Waals surface area contributed by atoms with E-state index in [0.29, 0.717) is 11.4 Å². The normalized spacial score (nSPS) is 16.0. The molecule has 1 fully saturated rings. The fourth-order valence-corrected chi connectivity index (χ4v) is 1.60. The van der Waals surface area contributed by atoms with E-state index in [1.54, 1.807) is 18.3 Å². The number of anilines is 1. The molecule has 80 valence electrons. The minimum atomic E-state index is -0.362. The van der Waals surface area contributed by atoms with Gasteiger partial charge in [-0.2, -0.15) is 0 Å². The molecule has 2 rings (SSSR count). The Morgan fingerprint density at radius 3 is 3.00 bits per heavy atom.